The lowest BCUT2D eigenvalue weighted by atomic mass is 9.94. The van der Waals surface area contributed by atoms with Crippen LogP contribution in [0.15, 0.2) is 66.7 Å². The molecule has 0 bridgehead atoms. The Morgan fingerprint density at radius 2 is 1.82 bits per heavy atom. The quantitative estimate of drug-likeness (QED) is 0.243. The summed E-state index contributed by atoms with van der Waals surface area (Å²) < 4.78 is 12.2. The van der Waals surface area contributed by atoms with Crippen LogP contribution in [0.2, 0.25) is 0 Å². The van der Waals surface area contributed by atoms with Crippen LogP contribution in [0.4, 0.5) is 0 Å². The van der Waals surface area contributed by atoms with E-state index in [1.54, 1.807) is 12.0 Å². The summed E-state index contributed by atoms with van der Waals surface area (Å²) in [6.07, 6.45) is 12.7. The average Bonchev–Trinajstić information content (AvgIpc) is 3.68. The molecule has 1 saturated carbocycles. The van der Waals surface area contributed by atoms with Crippen molar-refractivity contribution in [3.63, 3.8) is 0 Å². The second-order valence-corrected chi connectivity index (χ2v) is 14.6. The molecule has 1 aliphatic carbocycles. The highest BCUT2D eigenvalue weighted by Crippen LogP contribution is 2.44. The molecule has 3 amide bonds. The van der Waals surface area contributed by atoms with Gasteiger partial charge in [0.25, 0.3) is 0 Å². The lowest BCUT2D eigenvalue weighted by molar-refractivity contribution is -0.145. The summed E-state index contributed by atoms with van der Waals surface area (Å²) in [5.41, 5.74) is 1.39. The molecule has 2 saturated heterocycles. The maximum absolute atomic E-state index is 14.6. The van der Waals surface area contributed by atoms with Crippen molar-refractivity contribution in [2.75, 3.05) is 26.7 Å². The normalized spacial score (nSPS) is 27.7. The van der Waals surface area contributed by atoms with Gasteiger partial charge in [-0.2, -0.15) is 0 Å². The Morgan fingerprint density at radius 1 is 1.02 bits per heavy atom. The molecule has 0 spiro atoms. The second-order valence-electron chi connectivity index (χ2n) is 14.6. The van der Waals surface area contributed by atoms with Crippen LogP contribution in [-0.4, -0.2) is 83.2 Å². The molecule has 3 aliphatic heterocycles. The molecule has 4 aliphatic rings. The predicted octanol–water partition coefficient (Wildman–Crippen LogP) is 5.87. The number of carbonyl (C=O) groups is 4. The van der Waals surface area contributed by atoms with Gasteiger partial charge in [0.2, 0.25) is 17.7 Å². The Labute approximate surface area is 299 Å². The van der Waals surface area contributed by atoms with Crippen molar-refractivity contribution in [2.45, 2.75) is 88.3 Å². The number of benzene rings is 2. The Kier molecular flexibility index (Phi) is 10.4. The van der Waals surface area contributed by atoms with Crippen molar-refractivity contribution in [3.8, 4) is 22.8 Å². The number of methoxy groups -OCH3 is 1. The molecule has 10 nitrogen and oxygen atoms in total. The van der Waals surface area contributed by atoms with E-state index in [4.69, 9.17) is 14.5 Å². The van der Waals surface area contributed by atoms with Gasteiger partial charge >= 0.3 is 0 Å². The first-order chi connectivity index (χ1) is 24.9. The van der Waals surface area contributed by atoms with E-state index < -0.39 is 23.6 Å². The van der Waals surface area contributed by atoms with Crippen LogP contribution >= 0.6 is 0 Å². The molecule has 1 N–H and O–H groups in total. The molecule has 3 fully saturated rings. The summed E-state index contributed by atoms with van der Waals surface area (Å²) in [6, 6.07) is 16.5. The first kappa shape index (κ1) is 34.7. The third kappa shape index (κ3) is 7.65. The number of nitrogens with zero attached hydrogens (tertiary/aromatic N) is 3. The first-order valence-electron chi connectivity index (χ1n) is 18.6. The van der Waals surface area contributed by atoms with Crippen LogP contribution in [0, 0.1) is 11.8 Å². The number of piperidine rings is 1. The Hall–Kier alpha value is -4.73. The third-order valence-electron chi connectivity index (χ3n) is 11.1. The topological polar surface area (TPSA) is 118 Å². The summed E-state index contributed by atoms with van der Waals surface area (Å²) >= 11 is 0. The Balaban J connectivity index is 1.20. The number of carbonyl (C=O) groups excluding carboxylic acids is 4. The predicted molar refractivity (Wildman–Crippen MR) is 194 cm³/mol. The van der Waals surface area contributed by atoms with E-state index in [1.807, 2.05) is 65.6 Å². The minimum Gasteiger partial charge on any atom is -0.497 e. The van der Waals surface area contributed by atoms with Gasteiger partial charge in [-0.25, -0.2) is 4.98 Å². The Bertz CT molecular complexity index is 1790. The van der Waals surface area contributed by atoms with E-state index in [-0.39, 0.29) is 43.0 Å². The maximum atomic E-state index is 14.6. The van der Waals surface area contributed by atoms with Crippen LogP contribution in [0.5, 0.6) is 11.5 Å². The summed E-state index contributed by atoms with van der Waals surface area (Å²) in [4.78, 5) is 63.1. The summed E-state index contributed by atoms with van der Waals surface area (Å²) in [6.45, 7) is 1.63. The first-order valence-corrected chi connectivity index (χ1v) is 18.6. The number of likely N-dealkylation sites (tertiary alicyclic amines) is 1. The minimum atomic E-state index is -0.962. The van der Waals surface area contributed by atoms with Gasteiger partial charge in [-0.1, -0.05) is 55.3 Å². The van der Waals surface area contributed by atoms with E-state index >= 15 is 0 Å². The fourth-order valence-corrected chi connectivity index (χ4v) is 8.00. The van der Waals surface area contributed by atoms with Gasteiger partial charge in [-0.05, 0) is 57.1 Å². The number of aromatic nitrogens is 1. The summed E-state index contributed by atoms with van der Waals surface area (Å²) in [5.74, 6) is 0.118. The van der Waals surface area contributed by atoms with Crippen molar-refractivity contribution in [3.05, 3.63) is 66.7 Å². The molecule has 4 heterocycles. The molecular formula is C41H48N4O6. The SMILES string of the molecule is COc1ccc2c(O[C@@H]3C[C@H]4C(=O)N[C@@]5(C=O)C[C@@H]5/C=C\CCCCC[C@H](CC(=O)N5CCCCC5)C(=O)N4C3)cc(-c3ccccc3)nc2c1. The van der Waals surface area contributed by atoms with Gasteiger partial charge in [0, 0.05) is 60.8 Å². The van der Waals surface area contributed by atoms with Crippen LogP contribution in [0.3, 0.4) is 0 Å². The van der Waals surface area contributed by atoms with E-state index in [2.05, 4.69) is 11.4 Å². The van der Waals surface area contributed by atoms with Crippen LogP contribution < -0.4 is 14.8 Å². The number of hydrogen-bond donors (Lipinski definition) is 1. The maximum Gasteiger partial charge on any atom is 0.243 e. The fraction of sp³-hybridized carbons (Fsp3) is 0.488. The molecule has 2 aromatic carbocycles. The largest absolute Gasteiger partial charge is 0.497 e. The zero-order valence-corrected chi connectivity index (χ0v) is 29.4. The van der Waals surface area contributed by atoms with Crippen molar-refractivity contribution in [1.82, 2.24) is 20.1 Å². The van der Waals surface area contributed by atoms with Crippen molar-refractivity contribution in [2.24, 2.45) is 11.8 Å². The third-order valence-corrected chi connectivity index (χ3v) is 11.1. The van der Waals surface area contributed by atoms with E-state index in [0.29, 0.717) is 29.9 Å². The number of nitrogens with one attached hydrogen (secondary N) is 1. The molecule has 51 heavy (non-hydrogen) atoms. The number of amides is 3. The van der Waals surface area contributed by atoms with Gasteiger partial charge in [-0.3, -0.25) is 14.4 Å². The Morgan fingerprint density at radius 3 is 2.61 bits per heavy atom. The van der Waals surface area contributed by atoms with Gasteiger partial charge in [0.1, 0.15) is 35.5 Å². The van der Waals surface area contributed by atoms with E-state index in [1.165, 1.54) is 0 Å². The lowest BCUT2D eigenvalue weighted by Gasteiger charge is -2.31. The van der Waals surface area contributed by atoms with E-state index in [0.717, 1.165) is 81.0 Å². The summed E-state index contributed by atoms with van der Waals surface area (Å²) in [5, 5.41) is 3.82. The number of allylic oxidation sites excluding steroid dienone is 1. The zero-order chi connectivity index (χ0) is 35.4. The average molecular weight is 693 g/mol. The lowest BCUT2D eigenvalue weighted by Crippen LogP contribution is -2.52. The molecule has 7 rings (SSSR count). The number of fused-ring (bicyclic) bond motifs is 3. The number of rotatable bonds is 7. The van der Waals surface area contributed by atoms with Crippen LogP contribution in [0.1, 0.15) is 70.6 Å². The highest BCUT2D eigenvalue weighted by Gasteiger charge is 2.56. The molecule has 5 atom stereocenters. The highest BCUT2D eigenvalue weighted by molar-refractivity contribution is 5.94. The monoisotopic (exact) mass is 692 g/mol. The fourth-order valence-electron chi connectivity index (χ4n) is 8.00. The molecule has 10 heteroatoms. The molecular weight excluding hydrogens is 644 g/mol. The zero-order valence-electron chi connectivity index (χ0n) is 29.4. The smallest absolute Gasteiger partial charge is 0.243 e. The van der Waals surface area contributed by atoms with E-state index in [9.17, 15) is 19.2 Å². The standard InChI is InChI=1S/C41H48N4O6/c1-50-31-17-18-33-35(22-31)42-34(28-13-8-5-9-14-28)24-37(33)51-32-23-36-39(48)43-41(27-46)25-30(41)16-10-4-2-3-7-15-29(40(49)45(36)26-32)21-38(47)44-19-11-6-12-20-44/h5,8-10,13-14,16-18,22,24,27,29-30,32,36H,2-4,6-7,11-12,15,19-21,23,25-26H2,1H3,(H,43,48)/b16-10-/t29-,30+,32-,36+,41-/m1/s1. The molecule has 1 aromatic heterocycles. The number of aldehydes is 1. The van der Waals surface area contributed by atoms with Crippen LogP contribution in [0.25, 0.3) is 22.2 Å². The highest BCUT2D eigenvalue weighted by atomic mass is 16.5. The van der Waals surface area contributed by atoms with Crippen LogP contribution in [-0.2, 0) is 19.2 Å². The summed E-state index contributed by atoms with van der Waals surface area (Å²) in [7, 11) is 1.61. The molecule has 0 unspecified atom stereocenters. The van der Waals surface area contributed by atoms with Crippen molar-refractivity contribution < 1.29 is 28.7 Å². The van der Waals surface area contributed by atoms with Crippen molar-refractivity contribution >= 4 is 34.9 Å². The molecule has 3 aromatic rings. The second kappa shape index (κ2) is 15.3. The van der Waals surface area contributed by atoms with Gasteiger partial charge in [0.15, 0.2) is 0 Å². The van der Waals surface area contributed by atoms with Gasteiger partial charge in [-0.15, -0.1) is 0 Å². The van der Waals surface area contributed by atoms with Gasteiger partial charge < -0.3 is 29.4 Å². The number of ether oxygens (including phenoxy) is 2. The van der Waals surface area contributed by atoms with Gasteiger partial charge in [0.05, 0.1) is 24.9 Å². The molecule has 0 radical (unpaired) electrons. The number of pyridine rings is 1. The molecule has 268 valence electrons. The number of hydrogen-bond acceptors (Lipinski definition) is 7. The van der Waals surface area contributed by atoms with Crippen molar-refractivity contribution in [1.29, 1.82) is 0 Å². The minimum absolute atomic E-state index is 0.00903.